The maximum absolute atomic E-state index is 5.37. The van der Waals surface area contributed by atoms with E-state index in [1.165, 1.54) is 11.3 Å². The third-order valence-electron chi connectivity index (χ3n) is 3.22. The molecule has 0 fully saturated rings. The molecule has 0 atom stereocenters. The SMILES string of the molecule is CC(C)(C)Cc1noc(-c2ccc3c(c2)NCC3)n1. The van der Waals surface area contributed by atoms with Gasteiger partial charge in [0.25, 0.3) is 5.89 Å². The van der Waals surface area contributed by atoms with E-state index in [0.717, 1.165) is 30.8 Å². The lowest BCUT2D eigenvalue weighted by Gasteiger charge is -2.14. The Bertz CT molecular complexity index is 596. The predicted molar refractivity (Wildman–Crippen MR) is 75.1 cm³/mol. The van der Waals surface area contributed by atoms with Crippen LogP contribution in [0.5, 0.6) is 0 Å². The van der Waals surface area contributed by atoms with Crippen LogP contribution in [0.2, 0.25) is 0 Å². The second kappa shape index (κ2) is 4.37. The van der Waals surface area contributed by atoms with E-state index in [2.05, 4.69) is 54.4 Å². The molecule has 3 rings (SSSR count). The maximum Gasteiger partial charge on any atom is 0.257 e. The summed E-state index contributed by atoms with van der Waals surface area (Å²) in [4.78, 5) is 4.49. The van der Waals surface area contributed by atoms with E-state index >= 15 is 0 Å². The minimum absolute atomic E-state index is 0.167. The maximum atomic E-state index is 5.37. The normalized spacial score (nSPS) is 14.3. The van der Waals surface area contributed by atoms with Gasteiger partial charge in [-0.2, -0.15) is 4.98 Å². The molecule has 0 aliphatic carbocycles. The fourth-order valence-electron chi connectivity index (χ4n) is 2.34. The first kappa shape index (κ1) is 12.2. The smallest absolute Gasteiger partial charge is 0.257 e. The van der Waals surface area contributed by atoms with Crippen LogP contribution in [0.1, 0.15) is 32.2 Å². The number of benzene rings is 1. The Morgan fingerprint density at radius 3 is 2.95 bits per heavy atom. The van der Waals surface area contributed by atoms with Gasteiger partial charge in [-0.1, -0.05) is 32.0 Å². The molecule has 19 heavy (non-hydrogen) atoms. The third kappa shape index (κ3) is 2.62. The molecule has 0 bridgehead atoms. The Labute approximate surface area is 113 Å². The van der Waals surface area contributed by atoms with Crippen LogP contribution in [-0.2, 0) is 12.8 Å². The highest BCUT2D eigenvalue weighted by molar-refractivity contribution is 5.66. The average Bonchev–Trinajstić information content (AvgIpc) is 2.93. The zero-order chi connectivity index (χ0) is 13.5. The lowest BCUT2D eigenvalue weighted by Crippen LogP contribution is -2.10. The second-order valence-corrected chi connectivity index (χ2v) is 6.30. The molecular formula is C15H19N3O. The Balaban J connectivity index is 1.86. The van der Waals surface area contributed by atoms with E-state index in [1.54, 1.807) is 0 Å². The monoisotopic (exact) mass is 257 g/mol. The first-order valence-electron chi connectivity index (χ1n) is 6.71. The van der Waals surface area contributed by atoms with Crippen LogP contribution in [0.4, 0.5) is 5.69 Å². The number of rotatable bonds is 2. The van der Waals surface area contributed by atoms with Crippen LogP contribution >= 0.6 is 0 Å². The largest absolute Gasteiger partial charge is 0.384 e. The van der Waals surface area contributed by atoms with Gasteiger partial charge in [0.1, 0.15) is 0 Å². The number of nitrogens with zero attached hydrogens (tertiary/aromatic N) is 2. The van der Waals surface area contributed by atoms with Crippen molar-refractivity contribution in [2.75, 3.05) is 11.9 Å². The van der Waals surface area contributed by atoms with E-state index in [0.29, 0.717) is 5.89 Å². The van der Waals surface area contributed by atoms with Crippen molar-refractivity contribution in [1.82, 2.24) is 10.1 Å². The standard InChI is InChI=1S/C15H19N3O/c1-15(2,3)9-13-17-14(19-18-13)11-5-4-10-6-7-16-12(10)8-11/h4-5,8,16H,6-7,9H2,1-3H3. The molecule has 4 nitrogen and oxygen atoms in total. The van der Waals surface area contributed by atoms with E-state index in [-0.39, 0.29) is 5.41 Å². The van der Waals surface area contributed by atoms with Crippen LogP contribution in [0, 0.1) is 5.41 Å². The molecule has 1 aliphatic heterocycles. The van der Waals surface area contributed by atoms with E-state index in [9.17, 15) is 0 Å². The highest BCUT2D eigenvalue weighted by Crippen LogP contribution is 2.28. The minimum Gasteiger partial charge on any atom is -0.384 e. The summed E-state index contributed by atoms with van der Waals surface area (Å²) in [6.45, 7) is 7.52. The molecule has 0 amide bonds. The van der Waals surface area contributed by atoms with Gasteiger partial charge in [-0.15, -0.1) is 0 Å². The molecule has 0 unspecified atom stereocenters. The Morgan fingerprint density at radius 2 is 2.16 bits per heavy atom. The number of hydrogen-bond acceptors (Lipinski definition) is 4. The summed E-state index contributed by atoms with van der Waals surface area (Å²) < 4.78 is 5.37. The average molecular weight is 257 g/mol. The van der Waals surface area contributed by atoms with Crippen molar-refractivity contribution in [3.8, 4) is 11.5 Å². The van der Waals surface area contributed by atoms with Crippen molar-refractivity contribution in [3.63, 3.8) is 0 Å². The highest BCUT2D eigenvalue weighted by atomic mass is 16.5. The fraction of sp³-hybridized carbons (Fsp3) is 0.467. The van der Waals surface area contributed by atoms with Crippen LogP contribution in [0.3, 0.4) is 0 Å². The summed E-state index contributed by atoms with van der Waals surface area (Å²) in [6.07, 6.45) is 1.91. The summed E-state index contributed by atoms with van der Waals surface area (Å²) in [5.41, 5.74) is 3.70. The van der Waals surface area contributed by atoms with Gasteiger partial charge in [-0.3, -0.25) is 0 Å². The van der Waals surface area contributed by atoms with Crippen molar-refractivity contribution in [2.24, 2.45) is 5.41 Å². The molecule has 0 radical (unpaired) electrons. The summed E-state index contributed by atoms with van der Waals surface area (Å²) in [5, 5.41) is 7.43. The molecule has 0 saturated heterocycles. The molecule has 2 aromatic rings. The van der Waals surface area contributed by atoms with Gasteiger partial charge >= 0.3 is 0 Å². The van der Waals surface area contributed by atoms with Gasteiger partial charge in [0, 0.05) is 24.2 Å². The zero-order valence-electron chi connectivity index (χ0n) is 11.7. The number of anilines is 1. The Morgan fingerprint density at radius 1 is 1.32 bits per heavy atom. The van der Waals surface area contributed by atoms with Crippen molar-refractivity contribution in [1.29, 1.82) is 0 Å². The number of fused-ring (bicyclic) bond motifs is 1. The third-order valence-corrected chi connectivity index (χ3v) is 3.22. The van der Waals surface area contributed by atoms with Crippen molar-refractivity contribution >= 4 is 5.69 Å². The quantitative estimate of drug-likeness (QED) is 0.897. The van der Waals surface area contributed by atoms with E-state index in [1.807, 2.05) is 0 Å². The lowest BCUT2D eigenvalue weighted by molar-refractivity contribution is 0.374. The predicted octanol–water partition coefficient (Wildman–Crippen LogP) is 3.29. The van der Waals surface area contributed by atoms with Crippen molar-refractivity contribution < 1.29 is 4.52 Å². The fourth-order valence-corrected chi connectivity index (χ4v) is 2.34. The molecule has 1 aromatic carbocycles. The first-order chi connectivity index (χ1) is 9.01. The Kier molecular flexibility index (Phi) is 2.81. The van der Waals surface area contributed by atoms with Crippen LogP contribution in [-0.4, -0.2) is 16.7 Å². The molecule has 4 heteroatoms. The van der Waals surface area contributed by atoms with Gasteiger partial charge in [-0.25, -0.2) is 0 Å². The van der Waals surface area contributed by atoms with E-state index < -0.39 is 0 Å². The number of aromatic nitrogens is 2. The van der Waals surface area contributed by atoms with Gasteiger partial charge in [-0.05, 0) is 29.5 Å². The van der Waals surface area contributed by atoms with Gasteiger partial charge in [0.2, 0.25) is 0 Å². The summed E-state index contributed by atoms with van der Waals surface area (Å²) in [7, 11) is 0. The molecule has 100 valence electrons. The molecule has 1 aliphatic rings. The molecule has 1 N–H and O–H groups in total. The summed E-state index contributed by atoms with van der Waals surface area (Å²) in [5.74, 6) is 1.38. The molecule has 0 spiro atoms. The van der Waals surface area contributed by atoms with Crippen LogP contribution in [0.15, 0.2) is 22.7 Å². The number of hydrogen-bond donors (Lipinski definition) is 1. The van der Waals surface area contributed by atoms with Gasteiger partial charge in [0.15, 0.2) is 5.82 Å². The first-order valence-corrected chi connectivity index (χ1v) is 6.71. The van der Waals surface area contributed by atoms with Crippen LogP contribution in [0.25, 0.3) is 11.5 Å². The van der Waals surface area contributed by atoms with Gasteiger partial charge in [0.05, 0.1) is 0 Å². The topological polar surface area (TPSA) is 51.0 Å². The molecule has 0 saturated carbocycles. The van der Waals surface area contributed by atoms with Crippen molar-refractivity contribution in [3.05, 3.63) is 29.6 Å². The lowest BCUT2D eigenvalue weighted by atomic mass is 9.92. The summed E-state index contributed by atoms with van der Waals surface area (Å²) in [6, 6.07) is 6.29. The molecule has 1 aromatic heterocycles. The Hall–Kier alpha value is -1.84. The van der Waals surface area contributed by atoms with E-state index in [4.69, 9.17) is 4.52 Å². The molecule has 2 heterocycles. The minimum atomic E-state index is 0.167. The van der Waals surface area contributed by atoms with Crippen molar-refractivity contribution in [2.45, 2.75) is 33.6 Å². The summed E-state index contributed by atoms with van der Waals surface area (Å²) >= 11 is 0. The molecular weight excluding hydrogens is 238 g/mol. The van der Waals surface area contributed by atoms with Gasteiger partial charge < -0.3 is 9.84 Å². The number of nitrogens with one attached hydrogen (secondary N) is 1. The van der Waals surface area contributed by atoms with Crippen LogP contribution < -0.4 is 5.32 Å². The second-order valence-electron chi connectivity index (χ2n) is 6.30. The zero-order valence-corrected chi connectivity index (χ0v) is 11.7. The highest BCUT2D eigenvalue weighted by Gasteiger charge is 2.18.